The molecule has 0 amide bonds. The maximum atomic E-state index is 4.51. The van der Waals surface area contributed by atoms with Crippen LogP contribution in [0.3, 0.4) is 0 Å². The van der Waals surface area contributed by atoms with Crippen molar-refractivity contribution in [3.8, 4) is 11.5 Å². The van der Waals surface area contributed by atoms with E-state index in [1.54, 1.807) is 6.33 Å². The van der Waals surface area contributed by atoms with Crippen LogP contribution in [0.4, 0.5) is 0 Å². The number of hydrogen-bond acceptors (Lipinski definition) is 3. The molecular weight excluding hydrogens is 202 g/mol. The summed E-state index contributed by atoms with van der Waals surface area (Å²) in [4.78, 5) is 0. The van der Waals surface area contributed by atoms with Gasteiger partial charge in [0.15, 0.2) is 5.82 Å². The Morgan fingerprint density at radius 3 is 2.62 bits per heavy atom. The Morgan fingerprint density at radius 1 is 1.19 bits per heavy atom. The van der Waals surface area contributed by atoms with Crippen molar-refractivity contribution in [2.45, 2.75) is 40.3 Å². The fourth-order valence-electron chi connectivity index (χ4n) is 1.75. The Kier molecular flexibility index (Phi) is 3.03. The summed E-state index contributed by atoms with van der Waals surface area (Å²) in [5.41, 5.74) is 2.15. The van der Waals surface area contributed by atoms with E-state index in [0.29, 0.717) is 0 Å². The van der Waals surface area contributed by atoms with Gasteiger partial charge in [-0.1, -0.05) is 6.92 Å². The van der Waals surface area contributed by atoms with E-state index in [4.69, 9.17) is 0 Å². The average Bonchev–Trinajstić information content (AvgIpc) is 2.93. The summed E-state index contributed by atoms with van der Waals surface area (Å²) < 4.78 is 4.01. The molecule has 0 unspecified atom stereocenters. The fourth-order valence-corrected chi connectivity index (χ4v) is 1.75. The van der Waals surface area contributed by atoms with Crippen LogP contribution < -0.4 is 0 Å². The molecule has 0 radical (unpaired) electrons. The van der Waals surface area contributed by atoms with E-state index in [1.165, 1.54) is 0 Å². The van der Waals surface area contributed by atoms with Crippen molar-refractivity contribution >= 4 is 0 Å². The molecule has 0 aliphatic rings. The second-order valence-corrected chi connectivity index (χ2v) is 3.63. The van der Waals surface area contributed by atoms with Gasteiger partial charge in [0.05, 0.1) is 5.69 Å². The highest BCUT2D eigenvalue weighted by Gasteiger charge is 2.13. The number of hydrogen-bond donors (Lipinski definition) is 0. The Labute approximate surface area is 95.1 Å². The monoisotopic (exact) mass is 219 g/mol. The molecule has 2 rings (SSSR count). The molecule has 0 N–H and O–H groups in total. The quantitative estimate of drug-likeness (QED) is 0.787. The van der Waals surface area contributed by atoms with E-state index in [0.717, 1.165) is 36.7 Å². The van der Waals surface area contributed by atoms with Gasteiger partial charge in [0.25, 0.3) is 0 Å². The summed E-state index contributed by atoms with van der Waals surface area (Å²) in [6.07, 6.45) is 2.70. The van der Waals surface area contributed by atoms with Crippen LogP contribution in [0.25, 0.3) is 11.5 Å². The predicted molar refractivity (Wildman–Crippen MR) is 62.0 cm³/mol. The molecule has 0 fully saturated rings. The van der Waals surface area contributed by atoms with Crippen LogP contribution in [0.5, 0.6) is 0 Å². The molecule has 0 bridgehead atoms. The zero-order chi connectivity index (χ0) is 11.5. The van der Waals surface area contributed by atoms with Gasteiger partial charge in [-0.25, -0.2) is 0 Å². The Morgan fingerprint density at radius 2 is 2.00 bits per heavy atom. The molecule has 2 aromatic heterocycles. The van der Waals surface area contributed by atoms with Gasteiger partial charge in [-0.3, -0.25) is 4.68 Å². The van der Waals surface area contributed by atoms with Gasteiger partial charge in [-0.05, 0) is 26.3 Å². The van der Waals surface area contributed by atoms with Crippen LogP contribution in [-0.4, -0.2) is 24.5 Å². The Balaban J connectivity index is 2.50. The number of aromatic nitrogens is 5. The van der Waals surface area contributed by atoms with Crippen LogP contribution in [-0.2, 0) is 19.5 Å². The minimum Gasteiger partial charge on any atom is -0.313 e. The van der Waals surface area contributed by atoms with Gasteiger partial charge in [0, 0.05) is 13.1 Å². The van der Waals surface area contributed by atoms with Gasteiger partial charge in [0.2, 0.25) is 0 Å². The van der Waals surface area contributed by atoms with Crippen LogP contribution in [0.1, 0.15) is 26.5 Å². The largest absolute Gasteiger partial charge is 0.313 e. The molecule has 5 nitrogen and oxygen atoms in total. The average molecular weight is 219 g/mol. The van der Waals surface area contributed by atoms with Crippen LogP contribution in [0, 0.1) is 0 Å². The van der Waals surface area contributed by atoms with Crippen molar-refractivity contribution in [3.63, 3.8) is 0 Å². The second kappa shape index (κ2) is 4.47. The highest BCUT2D eigenvalue weighted by Crippen LogP contribution is 2.18. The topological polar surface area (TPSA) is 48.5 Å². The molecule has 16 heavy (non-hydrogen) atoms. The van der Waals surface area contributed by atoms with Gasteiger partial charge in [0.1, 0.15) is 12.0 Å². The summed E-state index contributed by atoms with van der Waals surface area (Å²) in [5, 5.41) is 12.6. The highest BCUT2D eigenvalue weighted by atomic mass is 15.3. The van der Waals surface area contributed by atoms with Crippen molar-refractivity contribution in [2.24, 2.45) is 0 Å². The summed E-state index contributed by atoms with van der Waals surface area (Å²) in [5.74, 6) is 0.900. The van der Waals surface area contributed by atoms with Gasteiger partial charge < -0.3 is 4.57 Å². The SMILES string of the molecule is CCc1cc(-c2nncn2CC)n(CC)n1. The van der Waals surface area contributed by atoms with E-state index in [1.807, 2.05) is 9.25 Å². The molecule has 0 saturated heterocycles. The van der Waals surface area contributed by atoms with Gasteiger partial charge >= 0.3 is 0 Å². The molecule has 2 heterocycles. The zero-order valence-corrected chi connectivity index (χ0v) is 10.0. The van der Waals surface area contributed by atoms with E-state index in [2.05, 4.69) is 42.1 Å². The third-order valence-electron chi connectivity index (χ3n) is 2.68. The van der Waals surface area contributed by atoms with Gasteiger partial charge in [-0.2, -0.15) is 5.10 Å². The Hall–Kier alpha value is -1.65. The summed E-state index contributed by atoms with van der Waals surface area (Å²) >= 11 is 0. The zero-order valence-electron chi connectivity index (χ0n) is 10.0. The third-order valence-corrected chi connectivity index (χ3v) is 2.68. The van der Waals surface area contributed by atoms with E-state index < -0.39 is 0 Å². The van der Waals surface area contributed by atoms with Crippen LogP contribution >= 0.6 is 0 Å². The van der Waals surface area contributed by atoms with Crippen molar-refractivity contribution in [2.75, 3.05) is 0 Å². The van der Waals surface area contributed by atoms with E-state index in [-0.39, 0.29) is 0 Å². The normalized spacial score (nSPS) is 10.9. The minimum atomic E-state index is 0.853. The third kappa shape index (κ3) is 1.73. The molecule has 0 aliphatic heterocycles. The molecule has 2 aromatic rings. The molecule has 86 valence electrons. The standard InChI is InChI=1S/C11H17N5/c1-4-9-7-10(16(6-3)14-9)11-13-12-8-15(11)5-2/h7-8H,4-6H2,1-3H3. The van der Waals surface area contributed by atoms with E-state index >= 15 is 0 Å². The first-order valence-electron chi connectivity index (χ1n) is 5.75. The molecular formula is C11H17N5. The smallest absolute Gasteiger partial charge is 0.182 e. The molecule has 0 spiro atoms. The van der Waals surface area contributed by atoms with Gasteiger partial charge in [-0.15, -0.1) is 10.2 Å². The second-order valence-electron chi connectivity index (χ2n) is 3.63. The Bertz CT molecular complexity index is 468. The fraction of sp³-hybridized carbons (Fsp3) is 0.545. The number of rotatable bonds is 4. The highest BCUT2D eigenvalue weighted by molar-refractivity contribution is 5.50. The number of aryl methyl sites for hydroxylation is 3. The summed E-state index contributed by atoms with van der Waals surface area (Å²) in [7, 11) is 0. The maximum absolute atomic E-state index is 4.51. The van der Waals surface area contributed by atoms with Crippen molar-refractivity contribution in [3.05, 3.63) is 18.1 Å². The first kappa shape index (κ1) is 10.9. The molecule has 0 aliphatic carbocycles. The lowest BCUT2D eigenvalue weighted by molar-refractivity contribution is 0.645. The lowest BCUT2D eigenvalue weighted by atomic mass is 10.3. The van der Waals surface area contributed by atoms with Crippen molar-refractivity contribution in [1.29, 1.82) is 0 Å². The molecule has 0 atom stereocenters. The van der Waals surface area contributed by atoms with Crippen LogP contribution in [0.15, 0.2) is 12.4 Å². The lowest BCUT2D eigenvalue weighted by Gasteiger charge is -2.04. The summed E-state index contributed by atoms with van der Waals surface area (Å²) in [6, 6.07) is 2.10. The molecule has 0 saturated carbocycles. The minimum absolute atomic E-state index is 0.853. The first-order chi connectivity index (χ1) is 7.80. The van der Waals surface area contributed by atoms with Crippen molar-refractivity contribution in [1.82, 2.24) is 24.5 Å². The maximum Gasteiger partial charge on any atom is 0.182 e. The van der Waals surface area contributed by atoms with Crippen LogP contribution in [0.2, 0.25) is 0 Å². The molecule has 0 aromatic carbocycles. The predicted octanol–water partition coefficient (Wildman–Crippen LogP) is 1.74. The molecule has 5 heteroatoms. The lowest BCUT2D eigenvalue weighted by Crippen LogP contribution is -2.04. The number of nitrogens with zero attached hydrogens (tertiary/aromatic N) is 5. The van der Waals surface area contributed by atoms with E-state index in [9.17, 15) is 0 Å². The van der Waals surface area contributed by atoms with Crippen molar-refractivity contribution < 1.29 is 0 Å². The first-order valence-corrected chi connectivity index (χ1v) is 5.75. The summed E-state index contributed by atoms with van der Waals surface area (Å²) in [6.45, 7) is 8.00.